The zero-order chi connectivity index (χ0) is 9.56. The third kappa shape index (κ3) is 3.18. The molecule has 0 spiro atoms. The van der Waals surface area contributed by atoms with Gasteiger partial charge in [-0.15, -0.1) is 0 Å². The van der Waals surface area contributed by atoms with Crippen LogP contribution in [0.1, 0.15) is 18.3 Å². The Morgan fingerprint density at radius 3 is 2.33 bits per heavy atom. The molecule has 0 amide bonds. The van der Waals surface area contributed by atoms with Gasteiger partial charge in [0.15, 0.2) is 0 Å². The second-order valence-corrected chi connectivity index (χ2v) is 2.35. The van der Waals surface area contributed by atoms with E-state index in [1.54, 1.807) is 0 Å². The van der Waals surface area contributed by atoms with Crippen molar-refractivity contribution in [2.45, 2.75) is 27.3 Å². The molecule has 1 rings (SSSR count). The van der Waals surface area contributed by atoms with Crippen molar-refractivity contribution in [1.29, 1.82) is 0 Å². The van der Waals surface area contributed by atoms with E-state index in [1.807, 2.05) is 11.6 Å². The fourth-order valence-electron chi connectivity index (χ4n) is 0.995. The van der Waals surface area contributed by atoms with Crippen LogP contribution in [0.3, 0.4) is 0 Å². The number of aromatic nitrogens is 2. The molecular weight excluding hydrogens is 156 g/mol. The summed E-state index contributed by atoms with van der Waals surface area (Å²) >= 11 is 0. The van der Waals surface area contributed by atoms with Gasteiger partial charge in [-0.1, -0.05) is 0 Å². The van der Waals surface area contributed by atoms with Crippen LogP contribution in [-0.4, -0.2) is 21.4 Å². The molecule has 0 saturated carbocycles. The molecule has 0 radical (unpaired) electrons. The third-order valence-corrected chi connectivity index (χ3v) is 1.40. The first-order valence-electron chi connectivity index (χ1n) is 3.74. The Hall–Kier alpha value is -1.32. The summed E-state index contributed by atoms with van der Waals surface area (Å²) in [6, 6.07) is 2.09. The molecular formula is C8H14N2O2. The van der Waals surface area contributed by atoms with Crippen LogP contribution in [0.4, 0.5) is 0 Å². The Balaban J connectivity index is 0.000000354. The van der Waals surface area contributed by atoms with Crippen molar-refractivity contribution in [3.63, 3.8) is 0 Å². The van der Waals surface area contributed by atoms with Crippen molar-refractivity contribution < 1.29 is 9.90 Å². The molecule has 1 aromatic heterocycles. The number of nitrogens with zero attached hydrogens (tertiary/aromatic N) is 2. The van der Waals surface area contributed by atoms with Crippen molar-refractivity contribution in [2.24, 2.45) is 0 Å². The van der Waals surface area contributed by atoms with Crippen molar-refractivity contribution in [1.82, 2.24) is 9.78 Å². The van der Waals surface area contributed by atoms with Gasteiger partial charge in [0, 0.05) is 12.2 Å². The molecule has 0 atom stereocenters. The summed E-state index contributed by atoms with van der Waals surface area (Å²) < 4.78 is 2.00. The van der Waals surface area contributed by atoms with Crippen molar-refractivity contribution in [3.05, 3.63) is 17.5 Å². The van der Waals surface area contributed by atoms with Crippen LogP contribution in [-0.2, 0) is 11.3 Å². The highest BCUT2D eigenvalue weighted by molar-refractivity contribution is 5.32. The van der Waals surface area contributed by atoms with Gasteiger partial charge in [0.2, 0.25) is 0 Å². The molecule has 0 aliphatic carbocycles. The van der Waals surface area contributed by atoms with E-state index in [9.17, 15) is 0 Å². The minimum Gasteiger partial charge on any atom is -0.483 e. The van der Waals surface area contributed by atoms with Crippen LogP contribution in [0.15, 0.2) is 6.07 Å². The minimum atomic E-state index is -0.250. The smallest absolute Gasteiger partial charge is 0.290 e. The monoisotopic (exact) mass is 170 g/mol. The van der Waals surface area contributed by atoms with Crippen LogP contribution in [0.25, 0.3) is 0 Å². The lowest BCUT2D eigenvalue weighted by Gasteiger charge is -1.95. The highest BCUT2D eigenvalue weighted by atomic mass is 16.3. The lowest BCUT2D eigenvalue weighted by Crippen LogP contribution is -1.97. The fourth-order valence-corrected chi connectivity index (χ4v) is 0.995. The molecule has 0 aliphatic rings. The Kier molecular flexibility index (Phi) is 4.76. The maximum absolute atomic E-state index is 8.36. The number of carboxylic acid groups (broad SMARTS) is 1. The highest BCUT2D eigenvalue weighted by Crippen LogP contribution is 1.99. The summed E-state index contributed by atoms with van der Waals surface area (Å²) in [5.74, 6) is 0. The summed E-state index contributed by atoms with van der Waals surface area (Å²) in [6.07, 6.45) is 0. The van der Waals surface area contributed by atoms with Gasteiger partial charge in [0.05, 0.1) is 5.69 Å². The quantitative estimate of drug-likeness (QED) is 0.645. The van der Waals surface area contributed by atoms with E-state index in [0.29, 0.717) is 0 Å². The SMILES string of the molecule is CCn1nc(C)cc1C.O=CO. The second kappa shape index (κ2) is 5.35. The predicted molar refractivity (Wildman–Crippen MR) is 46.1 cm³/mol. The summed E-state index contributed by atoms with van der Waals surface area (Å²) in [5.41, 5.74) is 2.35. The molecule has 0 saturated heterocycles. The normalized spacial score (nSPS) is 8.58. The average molecular weight is 170 g/mol. The lowest BCUT2D eigenvalue weighted by atomic mass is 10.4. The van der Waals surface area contributed by atoms with E-state index in [1.165, 1.54) is 5.69 Å². The van der Waals surface area contributed by atoms with Gasteiger partial charge in [0.1, 0.15) is 0 Å². The van der Waals surface area contributed by atoms with Crippen molar-refractivity contribution in [2.75, 3.05) is 0 Å². The van der Waals surface area contributed by atoms with Crippen LogP contribution in [0, 0.1) is 13.8 Å². The maximum atomic E-state index is 8.36. The van der Waals surface area contributed by atoms with E-state index >= 15 is 0 Å². The van der Waals surface area contributed by atoms with Gasteiger partial charge in [-0.05, 0) is 26.8 Å². The predicted octanol–water partition coefficient (Wildman–Crippen LogP) is 1.22. The first-order valence-corrected chi connectivity index (χ1v) is 3.74. The van der Waals surface area contributed by atoms with Crippen molar-refractivity contribution in [3.8, 4) is 0 Å². The molecule has 1 heterocycles. The summed E-state index contributed by atoms with van der Waals surface area (Å²) in [5, 5.41) is 11.1. The topological polar surface area (TPSA) is 55.1 Å². The molecule has 0 fully saturated rings. The Morgan fingerprint density at radius 1 is 1.67 bits per heavy atom. The lowest BCUT2D eigenvalue weighted by molar-refractivity contribution is -0.122. The molecule has 68 valence electrons. The summed E-state index contributed by atoms with van der Waals surface area (Å²) in [4.78, 5) is 8.36. The van der Waals surface area contributed by atoms with Crippen molar-refractivity contribution >= 4 is 6.47 Å². The Morgan fingerprint density at radius 2 is 2.17 bits per heavy atom. The van der Waals surface area contributed by atoms with Gasteiger partial charge in [0.25, 0.3) is 6.47 Å². The molecule has 12 heavy (non-hydrogen) atoms. The largest absolute Gasteiger partial charge is 0.483 e. The zero-order valence-electron chi connectivity index (χ0n) is 7.61. The molecule has 0 aliphatic heterocycles. The molecule has 1 aromatic rings. The van der Waals surface area contributed by atoms with Crippen LogP contribution in [0.5, 0.6) is 0 Å². The van der Waals surface area contributed by atoms with E-state index in [0.717, 1.165) is 12.2 Å². The molecule has 1 N–H and O–H groups in total. The van der Waals surface area contributed by atoms with E-state index in [4.69, 9.17) is 9.90 Å². The van der Waals surface area contributed by atoms with Gasteiger partial charge in [-0.25, -0.2) is 0 Å². The van der Waals surface area contributed by atoms with Gasteiger partial charge in [-0.3, -0.25) is 9.48 Å². The Bertz CT molecular complexity index is 243. The standard InChI is InChI=1S/C7H12N2.CH2O2/c1-4-9-7(3)5-6(2)8-9;2-1-3/h5H,4H2,1-3H3;1H,(H,2,3). The summed E-state index contributed by atoms with van der Waals surface area (Å²) in [6.45, 7) is 6.90. The minimum absolute atomic E-state index is 0.250. The van der Waals surface area contributed by atoms with Gasteiger partial charge in [-0.2, -0.15) is 5.10 Å². The van der Waals surface area contributed by atoms with Crippen LogP contribution < -0.4 is 0 Å². The maximum Gasteiger partial charge on any atom is 0.290 e. The van der Waals surface area contributed by atoms with E-state index in [-0.39, 0.29) is 6.47 Å². The first kappa shape index (κ1) is 10.7. The van der Waals surface area contributed by atoms with E-state index in [2.05, 4.69) is 25.0 Å². The van der Waals surface area contributed by atoms with Gasteiger partial charge < -0.3 is 5.11 Å². The van der Waals surface area contributed by atoms with Crippen LogP contribution in [0.2, 0.25) is 0 Å². The Labute approximate surface area is 71.8 Å². The number of carbonyl (C=O) groups is 1. The van der Waals surface area contributed by atoms with Gasteiger partial charge >= 0.3 is 0 Å². The van der Waals surface area contributed by atoms with Crippen LogP contribution >= 0.6 is 0 Å². The van der Waals surface area contributed by atoms with E-state index < -0.39 is 0 Å². The molecule has 0 unspecified atom stereocenters. The number of aryl methyl sites for hydroxylation is 3. The molecule has 4 heteroatoms. The number of hydrogen-bond donors (Lipinski definition) is 1. The average Bonchev–Trinajstić information content (AvgIpc) is 2.31. The first-order chi connectivity index (χ1) is 5.65. The number of rotatable bonds is 1. The third-order valence-electron chi connectivity index (χ3n) is 1.40. The molecule has 4 nitrogen and oxygen atoms in total. The second-order valence-electron chi connectivity index (χ2n) is 2.35. The number of hydrogen-bond acceptors (Lipinski definition) is 2. The summed E-state index contributed by atoms with van der Waals surface area (Å²) in [7, 11) is 0. The fraction of sp³-hybridized carbons (Fsp3) is 0.500. The zero-order valence-corrected chi connectivity index (χ0v) is 7.61. The molecule has 0 bridgehead atoms. The molecule has 0 aromatic carbocycles. The highest BCUT2D eigenvalue weighted by Gasteiger charge is 1.95.